The monoisotopic (exact) mass is 227 g/mol. The molecule has 0 radical (unpaired) electrons. The Morgan fingerprint density at radius 2 is 1.53 bits per heavy atom. The Labute approximate surface area is 102 Å². The van der Waals surface area contributed by atoms with E-state index in [9.17, 15) is 0 Å². The standard InChI is InChI=1S/C14H17N3/c1-11-6-5-9-13(10-11)17-14(15)16-12-7-3-2-4-8-12/h2-10,14,16-17H,15H2,1H3. The number of anilines is 2. The molecule has 0 aliphatic rings. The highest BCUT2D eigenvalue weighted by Crippen LogP contribution is 2.11. The molecule has 0 aromatic heterocycles. The van der Waals surface area contributed by atoms with Gasteiger partial charge >= 0.3 is 0 Å². The highest BCUT2D eigenvalue weighted by molar-refractivity contribution is 5.49. The maximum atomic E-state index is 5.97. The van der Waals surface area contributed by atoms with Gasteiger partial charge in [-0.2, -0.15) is 0 Å². The summed E-state index contributed by atoms with van der Waals surface area (Å²) in [5, 5.41) is 6.37. The molecular weight excluding hydrogens is 210 g/mol. The van der Waals surface area contributed by atoms with Gasteiger partial charge in [0.25, 0.3) is 0 Å². The topological polar surface area (TPSA) is 50.1 Å². The van der Waals surface area contributed by atoms with Crippen molar-refractivity contribution in [2.75, 3.05) is 10.6 Å². The van der Waals surface area contributed by atoms with Crippen LogP contribution in [0.5, 0.6) is 0 Å². The number of hydrogen-bond donors (Lipinski definition) is 3. The van der Waals surface area contributed by atoms with Gasteiger partial charge in [-0.3, -0.25) is 5.73 Å². The van der Waals surface area contributed by atoms with Crippen molar-refractivity contribution in [1.82, 2.24) is 0 Å². The van der Waals surface area contributed by atoms with Gasteiger partial charge < -0.3 is 10.6 Å². The van der Waals surface area contributed by atoms with Gasteiger partial charge in [0.15, 0.2) is 0 Å². The van der Waals surface area contributed by atoms with E-state index >= 15 is 0 Å². The molecule has 0 fully saturated rings. The van der Waals surface area contributed by atoms with Crippen LogP contribution >= 0.6 is 0 Å². The van der Waals surface area contributed by atoms with E-state index in [0.29, 0.717) is 0 Å². The van der Waals surface area contributed by atoms with Crippen molar-refractivity contribution >= 4 is 11.4 Å². The van der Waals surface area contributed by atoms with Crippen LogP contribution in [0.1, 0.15) is 5.56 Å². The molecule has 0 bridgehead atoms. The molecule has 3 nitrogen and oxygen atoms in total. The van der Waals surface area contributed by atoms with E-state index in [2.05, 4.69) is 29.7 Å². The van der Waals surface area contributed by atoms with Crippen LogP contribution in [0.3, 0.4) is 0 Å². The van der Waals surface area contributed by atoms with Crippen molar-refractivity contribution < 1.29 is 0 Å². The first-order valence-electron chi connectivity index (χ1n) is 5.64. The third-order valence-corrected chi connectivity index (χ3v) is 2.44. The molecule has 0 amide bonds. The van der Waals surface area contributed by atoms with Crippen LogP contribution < -0.4 is 16.4 Å². The number of benzene rings is 2. The van der Waals surface area contributed by atoms with Crippen LogP contribution in [0.2, 0.25) is 0 Å². The molecule has 0 saturated heterocycles. The van der Waals surface area contributed by atoms with Gasteiger partial charge in [-0.25, -0.2) is 0 Å². The van der Waals surface area contributed by atoms with Crippen molar-refractivity contribution in [2.45, 2.75) is 13.2 Å². The Balaban J connectivity index is 1.96. The van der Waals surface area contributed by atoms with Gasteiger partial charge in [-0.1, -0.05) is 30.3 Å². The molecule has 0 aliphatic carbocycles. The van der Waals surface area contributed by atoms with Crippen molar-refractivity contribution in [2.24, 2.45) is 5.73 Å². The minimum atomic E-state index is -0.306. The second-order valence-corrected chi connectivity index (χ2v) is 4.00. The number of nitrogens with one attached hydrogen (secondary N) is 2. The molecule has 2 aromatic carbocycles. The zero-order valence-corrected chi connectivity index (χ0v) is 9.85. The molecule has 0 saturated carbocycles. The highest BCUT2D eigenvalue weighted by Gasteiger charge is 2.01. The zero-order chi connectivity index (χ0) is 12.1. The van der Waals surface area contributed by atoms with E-state index in [1.54, 1.807) is 0 Å². The summed E-state index contributed by atoms with van der Waals surface area (Å²) in [6.07, 6.45) is -0.306. The number of hydrogen-bond acceptors (Lipinski definition) is 3. The van der Waals surface area contributed by atoms with Crippen LogP contribution in [-0.2, 0) is 0 Å². The molecule has 0 spiro atoms. The predicted molar refractivity (Wildman–Crippen MR) is 72.8 cm³/mol. The normalized spacial score (nSPS) is 11.9. The van der Waals surface area contributed by atoms with Crippen molar-refractivity contribution in [1.29, 1.82) is 0 Å². The van der Waals surface area contributed by atoms with Gasteiger partial charge in [-0.15, -0.1) is 0 Å². The smallest absolute Gasteiger partial charge is 0.150 e. The molecule has 2 aromatic rings. The molecule has 4 N–H and O–H groups in total. The first kappa shape index (κ1) is 11.5. The lowest BCUT2D eigenvalue weighted by Gasteiger charge is -2.18. The lowest BCUT2D eigenvalue weighted by atomic mass is 10.2. The summed E-state index contributed by atoms with van der Waals surface area (Å²) in [7, 11) is 0. The van der Waals surface area contributed by atoms with Gasteiger partial charge in [0.2, 0.25) is 0 Å². The van der Waals surface area contributed by atoms with Gasteiger partial charge in [0.1, 0.15) is 6.29 Å². The van der Waals surface area contributed by atoms with Crippen LogP contribution in [0.4, 0.5) is 11.4 Å². The van der Waals surface area contributed by atoms with Crippen LogP contribution in [-0.4, -0.2) is 6.29 Å². The van der Waals surface area contributed by atoms with Crippen LogP contribution in [0.15, 0.2) is 54.6 Å². The average molecular weight is 227 g/mol. The first-order chi connectivity index (χ1) is 8.24. The largest absolute Gasteiger partial charge is 0.353 e. The SMILES string of the molecule is Cc1cccc(NC(N)Nc2ccccc2)c1. The number of rotatable bonds is 4. The Kier molecular flexibility index (Phi) is 3.62. The molecule has 1 atom stereocenters. The summed E-state index contributed by atoms with van der Waals surface area (Å²) in [6.45, 7) is 2.06. The zero-order valence-electron chi connectivity index (χ0n) is 9.85. The lowest BCUT2D eigenvalue weighted by molar-refractivity contribution is 0.868. The first-order valence-corrected chi connectivity index (χ1v) is 5.64. The molecule has 0 heterocycles. The lowest BCUT2D eigenvalue weighted by Crippen LogP contribution is -2.37. The fraction of sp³-hybridized carbons (Fsp3) is 0.143. The summed E-state index contributed by atoms with van der Waals surface area (Å²) in [4.78, 5) is 0. The number of para-hydroxylation sites is 1. The second-order valence-electron chi connectivity index (χ2n) is 4.00. The fourth-order valence-corrected chi connectivity index (χ4v) is 1.66. The van der Waals surface area contributed by atoms with E-state index in [1.165, 1.54) is 5.56 Å². The molecule has 17 heavy (non-hydrogen) atoms. The molecule has 0 aliphatic heterocycles. The summed E-state index contributed by atoms with van der Waals surface area (Å²) >= 11 is 0. The van der Waals surface area contributed by atoms with Crippen molar-refractivity contribution in [3.8, 4) is 0 Å². The van der Waals surface area contributed by atoms with E-state index in [-0.39, 0.29) is 6.29 Å². The predicted octanol–water partition coefficient (Wildman–Crippen LogP) is 2.76. The molecule has 88 valence electrons. The summed E-state index contributed by atoms with van der Waals surface area (Å²) in [6, 6.07) is 18.0. The minimum absolute atomic E-state index is 0.306. The summed E-state index contributed by atoms with van der Waals surface area (Å²) in [5.74, 6) is 0. The van der Waals surface area contributed by atoms with E-state index in [0.717, 1.165) is 11.4 Å². The van der Waals surface area contributed by atoms with Crippen LogP contribution in [0, 0.1) is 6.92 Å². The Morgan fingerprint density at radius 1 is 0.882 bits per heavy atom. The second kappa shape index (κ2) is 5.37. The third-order valence-electron chi connectivity index (χ3n) is 2.44. The van der Waals surface area contributed by atoms with E-state index in [1.807, 2.05) is 42.5 Å². The van der Waals surface area contributed by atoms with Gasteiger partial charge in [0.05, 0.1) is 0 Å². The summed E-state index contributed by atoms with van der Waals surface area (Å²) < 4.78 is 0. The Bertz CT molecular complexity index is 468. The maximum Gasteiger partial charge on any atom is 0.150 e. The molecule has 2 rings (SSSR count). The van der Waals surface area contributed by atoms with Gasteiger partial charge in [0, 0.05) is 11.4 Å². The number of nitrogens with two attached hydrogens (primary N) is 1. The Hall–Kier alpha value is -2.00. The van der Waals surface area contributed by atoms with Crippen molar-refractivity contribution in [3.05, 3.63) is 60.2 Å². The van der Waals surface area contributed by atoms with E-state index < -0.39 is 0 Å². The fourth-order valence-electron chi connectivity index (χ4n) is 1.66. The molecular formula is C14H17N3. The summed E-state index contributed by atoms with van der Waals surface area (Å²) in [5.41, 5.74) is 9.19. The molecule has 1 unspecified atom stereocenters. The van der Waals surface area contributed by atoms with Crippen molar-refractivity contribution in [3.63, 3.8) is 0 Å². The molecule has 3 heteroatoms. The average Bonchev–Trinajstić information content (AvgIpc) is 2.30. The Morgan fingerprint density at radius 3 is 2.24 bits per heavy atom. The highest BCUT2D eigenvalue weighted by atomic mass is 15.2. The van der Waals surface area contributed by atoms with E-state index in [4.69, 9.17) is 5.73 Å². The third kappa shape index (κ3) is 3.50. The number of aryl methyl sites for hydroxylation is 1. The van der Waals surface area contributed by atoms with Crippen LogP contribution in [0.25, 0.3) is 0 Å². The maximum absolute atomic E-state index is 5.97. The quantitative estimate of drug-likeness (QED) is 0.704. The minimum Gasteiger partial charge on any atom is -0.353 e. The van der Waals surface area contributed by atoms with Gasteiger partial charge in [-0.05, 0) is 36.8 Å².